The molecule has 0 unspecified atom stereocenters. The van der Waals surface area contributed by atoms with Gasteiger partial charge < -0.3 is 14.8 Å². The maximum Gasteiger partial charge on any atom is 0.224 e. The highest BCUT2D eigenvalue weighted by Gasteiger charge is 2.39. The van der Waals surface area contributed by atoms with Crippen LogP contribution in [-0.2, 0) is 24.9 Å². The van der Waals surface area contributed by atoms with Crippen molar-refractivity contribution in [2.24, 2.45) is 7.05 Å². The number of rotatable bonds is 2. The van der Waals surface area contributed by atoms with Crippen molar-refractivity contribution < 1.29 is 4.79 Å². The fraction of sp³-hybridized carbons (Fsp3) is 0.500. The minimum atomic E-state index is -0.153. The monoisotopic (exact) mass is 353 g/mol. The van der Waals surface area contributed by atoms with Crippen molar-refractivity contribution in [2.75, 3.05) is 25.5 Å². The molecule has 0 saturated carbocycles. The van der Waals surface area contributed by atoms with Gasteiger partial charge in [0.25, 0.3) is 0 Å². The van der Waals surface area contributed by atoms with Crippen molar-refractivity contribution in [3.8, 4) is 0 Å². The van der Waals surface area contributed by atoms with E-state index in [1.807, 2.05) is 37.5 Å². The van der Waals surface area contributed by atoms with Crippen LogP contribution < -0.4 is 5.32 Å². The summed E-state index contributed by atoms with van der Waals surface area (Å²) in [7, 11) is 3.95. The van der Waals surface area contributed by atoms with Crippen LogP contribution in [0.25, 0.3) is 0 Å². The molecular weight excluding hydrogens is 326 g/mol. The number of aryl methyl sites for hydroxylation is 1. The summed E-state index contributed by atoms with van der Waals surface area (Å²) >= 11 is 0. The zero-order valence-corrected chi connectivity index (χ0v) is 15.6. The molecule has 6 nitrogen and oxygen atoms in total. The zero-order valence-electron chi connectivity index (χ0n) is 15.6. The molecule has 138 valence electrons. The van der Waals surface area contributed by atoms with Crippen molar-refractivity contribution >= 4 is 11.6 Å². The van der Waals surface area contributed by atoms with E-state index in [4.69, 9.17) is 0 Å². The molecule has 0 aliphatic carbocycles. The number of hydrogen-bond acceptors (Lipinski definition) is 4. The molecule has 0 radical (unpaired) electrons. The Morgan fingerprint density at radius 3 is 2.69 bits per heavy atom. The average molecular weight is 353 g/mol. The lowest BCUT2D eigenvalue weighted by Gasteiger charge is -2.44. The second-order valence-corrected chi connectivity index (χ2v) is 7.72. The molecule has 1 aromatic heterocycles. The number of carbonyl (C=O) groups excluding carboxylic acids is 1. The molecule has 6 heteroatoms. The fourth-order valence-electron chi connectivity index (χ4n) is 4.07. The number of carbonyl (C=O) groups is 1. The molecule has 1 amide bonds. The third-order valence-corrected chi connectivity index (χ3v) is 5.84. The van der Waals surface area contributed by atoms with Gasteiger partial charge >= 0.3 is 0 Å². The van der Waals surface area contributed by atoms with Gasteiger partial charge in [0.2, 0.25) is 5.91 Å². The number of anilines is 1. The SMILES string of the molecule is CN1Cc2ccccc2NC2(CCN(Cc3nccn3C)CC2)CC1=O. The molecule has 1 saturated heterocycles. The lowest BCUT2D eigenvalue weighted by molar-refractivity contribution is -0.132. The predicted molar refractivity (Wildman–Crippen MR) is 102 cm³/mol. The maximum atomic E-state index is 12.7. The largest absolute Gasteiger partial charge is 0.379 e. The summed E-state index contributed by atoms with van der Waals surface area (Å²) in [4.78, 5) is 21.4. The Labute approximate surface area is 154 Å². The van der Waals surface area contributed by atoms with Crippen LogP contribution in [-0.4, -0.2) is 50.9 Å². The Balaban J connectivity index is 1.51. The molecular formula is C20H27N5O. The predicted octanol–water partition coefficient (Wildman–Crippen LogP) is 2.23. The van der Waals surface area contributed by atoms with Crippen LogP contribution in [0, 0.1) is 0 Å². The van der Waals surface area contributed by atoms with E-state index in [1.165, 1.54) is 11.3 Å². The Kier molecular flexibility index (Phi) is 4.44. The van der Waals surface area contributed by atoms with Crippen LogP contribution in [0.5, 0.6) is 0 Å². The van der Waals surface area contributed by atoms with E-state index in [1.54, 1.807) is 0 Å². The van der Waals surface area contributed by atoms with Crippen LogP contribution >= 0.6 is 0 Å². The van der Waals surface area contributed by atoms with Gasteiger partial charge in [-0.05, 0) is 24.5 Å². The van der Waals surface area contributed by atoms with Crippen molar-refractivity contribution in [1.82, 2.24) is 19.4 Å². The van der Waals surface area contributed by atoms with Gasteiger partial charge in [0, 0.05) is 63.8 Å². The average Bonchev–Trinajstić information content (AvgIpc) is 3.02. The molecule has 2 aliphatic rings. The molecule has 1 fully saturated rings. The number of nitrogens with zero attached hydrogens (tertiary/aromatic N) is 4. The van der Waals surface area contributed by atoms with Gasteiger partial charge in [-0.25, -0.2) is 4.98 Å². The van der Waals surface area contributed by atoms with Gasteiger partial charge in [-0.15, -0.1) is 0 Å². The molecule has 1 aromatic carbocycles. The minimum absolute atomic E-state index is 0.153. The van der Waals surface area contributed by atoms with Gasteiger partial charge in [0.15, 0.2) is 0 Å². The number of imidazole rings is 1. The zero-order chi connectivity index (χ0) is 18.1. The van der Waals surface area contributed by atoms with E-state index in [0.717, 1.165) is 38.3 Å². The topological polar surface area (TPSA) is 53.4 Å². The first-order chi connectivity index (χ1) is 12.5. The van der Waals surface area contributed by atoms with Crippen LogP contribution in [0.3, 0.4) is 0 Å². The van der Waals surface area contributed by atoms with Crippen LogP contribution in [0.4, 0.5) is 5.69 Å². The molecule has 0 atom stereocenters. The third kappa shape index (κ3) is 3.33. The minimum Gasteiger partial charge on any atom is -0.379 e. The van der Waals surface area contributed by atoms with E-state index in [-0.39, 0.29) is 11.4 Å². The Morgan fingerprint density at radius 2 is 1.96 bits per heavy atom. The summed E-state index contributed by atoms with van der Waals surface area (Å²) in [5, 5.41) is 3.76. The Hall–Kier alpha value is -2.34. The first-order valence-corrected chi connectivity index (χ1v) is 9.33. The maximum absolute atomic E-state index is 12.7. The highest BCUT2D eigenvalue weighted by atomic mass is 16.2. The van der Waals surface area contributed by atoms with E-state index >= 15 is 0 Å². The summed E-state index contributed by atoms with van der Waals surface area (Å²) in [6, 6.07) is 8.37. The number of hydrogen-bond donors (Lipinski definition) is 1. The normalized spacial score (nSPS) is 20.4. The smallest absolute Gasteiger partial charge is 0.224 e. The van der Waals surface area contributed by atoms with E-state index in [0.29, 0.717) is 13.0 Å². The summed E-state index contributed by atoms with van der Waals surface area (Å²) < 4.78 is 2.08. The van der Waals surface area contributed by atoms with Crippen LogP contribution in [0.2, 0.25) is 0 Å². The van der Waals surface area contributed by atoms with E-state index < -0.39 is 0 Å². The highest BCUT2D eigenvalue weighted by molar-refractivity contribution is 5.79. The highest BCUT2D eigenvalue weighted by Crippen LogP contribution is 2.34. The number of para-hydroxylation sites is 1. The number of aromatic nitrogens is 2. The number of likely N-dealkylation sites (tertiary alicyclic amines) is 1. The second kappa shape index (κ2) is 6.76. The molecule has 26 heavy (non-hydrogen) atoms. The number of benzene rings is 1. The molecule has 1 N–H and O–H groups in total. The van der Waals surface area contributed by atoms with Gasteiger partial charge in [0.1, 0.15) is 5.82 Å². The molecule has 1 spiro atoms. The Morgan fingerprint density at radius 1 is 1.19 bits per heavy atom. The lowest BCUT2D eigenvalue weighted by atomic mass is 9.82. The van der Waals surface area contributed by atoms with Gasteiger partial charge in [-0.2, -0.15) is 0 Å². The molecule has 2 aliphatic heterocycles. The summed E-state index contributed by atoms with van der Waals surface area (Å²) in [5.41, 5.74) is 2.21. The molecule has 3 heterocycles. The van der Waals surface area contributed by atoms with Crippen molar-refractivity contribution in [3.05, 3.63) is 48.0 Å². The first kappa shape index (κ1) is 17.1. The number of fused-ring (bicyclic) bond motifs is 1. The molecule has 2 aromatic rings. The fourth-order valence-corrected chi connectivity index (χ4v) is 4.07. The Bertz CT molecular complexity index is 791. The van der Waals surface area contributed by atoms with Gasteiger partial charge in [0.05, 0.1) is 6.54 Å². The number of piperidine rings is 1. The lowest BCUT2D eigenvalue weighted by Crippen LogP contribution is -2.52. The van der Waals surface area contributed by atoms with Crippen molar-refractivity contribution in [3.63, 3.8) is 0 Å². The van der Waals surface area contributed by atoms with Crippen molar-refractivity contribution in [2.45, 2.75) is 37.9 Å². The van der Waals surface area contributed by atoms with Crippen molar-refractivity contribution in [1.29, 1.82) is 0 Å². The number of amides is 1. The van der Waals surface area contributed by atoms with Crippen LogP contribution in [0.15, 0.2) is 36.7 Å². The summed E-state index contributed by atoms with van der Waals surface area (Å²) in [6.07, 6.45) is 6.33. The number of nitrogens with one attached hydrogen (secondary N) is 1. The summed E-state index contributed by atoms with van der Waals surface area (Å²) in [6.45, 7) is 3.48. The standard InChI is InChI=1S/C20H27N5O/c1-23-12-9-21-18(23)15-25-10-7-20(8-11-25)13-19(26)24(2)14-16-5-3-4-6-17(16)22-20/h3-6,9,12,22H,7-8,10-11,13-15H2,1-2H3. The van der Waals surface area contributed by atoms with E-state index in [9.17, 15) is 4.79 Å². The van der Waals surface area contributed by atoms with Gasteiger partial charge in [-0.1, -0.05) is 18.2 Å². The molecule has 4 rings (SSSR count). The second-order valence-electron chi connectivity index (χ2n) is 7.72. The molecule has 0 bridgehead atoms. The first-order valence-electron chi connectivity index (χ1n) is 9.33. The quantitative estimate of drug-likeness (QED) is 0.900. The summed E-state index contributed by atoms with van der Waals surface area (Å²) in [5.74, 6) is 1.32. The van der Waals surface area contributed by atoms with E-state index in [2.05, 4.69) is 38.0 Å². The van der Waals surface area contributed by atoms with Gasteiger partial charge in [-0.3, -0.25) is 9.69 Å². The third-order valence-electron chi connectivity index (χ3n) is 5.84. The van der Waals surface area contributed by atoms with Crippen LogP contribution in [0.1, 0.15) is 30.7 Å².